The summed E-state index contributed by atoms with van der Waals surface area (Å²) >= 11 is 0. The third-order valence-corrected chi connectivity index (χ3v) is 1.89. The van der Waals surface area contributed by atoms with Crippen LogP contribution in [0.5, 0.6) is 5.75 Å². The van der Waals surface area contributed by atoms with Gasteiger partial charge in [-0.15, -0.1) is 0 Å². The van der Waals surface area contributed by atoms with Crippen LogP contribution in [0.2, 0.25) is 0 Å². The van der Waals surface area contributed by atoms with E-state index in [1.54, 1.807) is 13.1 Å². The molecule has 0 saturated heterocycles. The first-order chi connectivity index (χ1) is 8.42. The van der Waals surface area contributed by atoms with Gasteiger partial charge in [0.05, 0.1) is 12.2 Å². The van der Waals surface area contributed by atoms with Crippen LogP contribution >= 0.6 is 0 Å². The average Bonchev–Trinajstić information content (AvgIpc) is 2.27. The Morgan fingerprint density at radius 3 is 2.61 bits per heavy atom. The number of amides is 1. The minimum absolute atomic E-state index is 0.0146. The number of rotatable bonds is 5. The number of carbonyl (C=O) groups is 1. The van der Waals surface area contributed by atoms with Crippen molar-refractivity contribution in [1.82, 2.24) is 5.32 Å². The largest absolute Gasteiger partial charge is 0.482 e. The van der Waals surface area contributed by atoms with E-state index in [-0.39, 0.29) is 23.9 Å². The molecule has 1 amide bonds. The molecule has 0 aromatic heterocycles. The molecule has 7 heteroatoms. The SMILES string of the molecule is CNCC(=O)Nc1ccccc1OCC(F)(F)F. The Morgan fingerprint density at radius 1 is 1.33 bits per heavy atom. The maximum absolute atomic E-state index is 12.0. The molecule has 100 valence electrons. The van der Waals surface area contributed by atoms with Gasteiger partial charge in [0.1, 0.15) is 5.75 Å². The Balaban J connectivity index is 2.70. The van der Waals surface area contributed by atoms with E-state index in [9.17, 15) is 18.0 Å². The molecule has 1 aromatic carbocycles. The monoisotopic (exact) mass is 262 g/mol. The summed E-state index contributed by atoms with van der Waals surface area (Å²) in [7, 11) is 1.59. The molecule has 0 fully saturated rings. The maximum Gasteiger partial charge on any atom is 0.422 e. The zero-order valence-electron chi connectivity index (χ0n) is 9.67. The molecule has 1 rings (SSSR count). The highest BCUT2D eigenvalue weighted by atomic mass is 19.4. The van der Waals surface area contributed by atoms with Crippen LogP contribution in [-0.4, -0.2) is 32.3 Å². The van der Waals surface area contributed by atoms with Crippen molar-refractivity contribution in [3.63, 3.8) is 0 Å². The topological polar surface area (TPSA) is 50.4 Å². The van der Waals surface area contributed by atoms with E-state index in [1.807, 2.05) is 0 Å². The predicted molar refractivity (Wildman–Crippen MR) is 60.5 cm³/mol. The summed E-state index contributed by atoms with van der Waals surface area (Å²) in [5.41, 5.74) is 0.210. The average molecular weight is 262 g/mol. The molecular formula is C11H13F3N2O2. The van der Waals surface area contributed by atoms with E-state index in [0.717, 1.165) is 0 Å². The van der Waals surface area contributed by atoms with E-state index >= 15 is 0 Å². The summed E-state index contributed by atoms with van der Waals surface area (Å²) in [6.07, 6.45) is -4.41. The van der Waals surface area contributed by atoms with Gasteiger partial charge in [-0.25, -0.2) is 0 Å². The Hall–Kier alpha value is -1.76. The van der Waals surface area contributed by atoms with Gasteiger partial charge >= 0.3 is 6.18 Å². The van der Waals surface area contributed by atoms with E-state index < -0.39 is 12.8 Å². The molecule has 0 aliphatic heterocycles. The van der Waals surface area contributed by atoms with E-state index in [1.165, 1.54) is 18.2 Å². The Morgan fingerprint density at radius 2 is 2.00 bits per heavy atom. The lowest BCUT2D eigenvalue weighted by atomic mass is 10.3. The van der Waals surface area contributed by atoms with Gasteiger partial charge in [0, 0.05) is 0 Å². The van der Waals surface area contributed by atoms with E-state index in [4.69, 9.17) is 0 Å². The highest BCUT2D eigenvalue weighted by Crippen LogP contribution is 2.26. The molecule has 0 atom stereocenters. The van der Waals surface area contributed by atoms with Gasteiger partial charge in [0.15, 0.2) is 6.61 Å². The highest BCUT2D eigenvalue weighted by Gasteiger charge is 2.28. The summed E-state index contributed by atoms with van der Waals surface area (Å²) in [6, 6.07) is 5.95. The van der Waals surface area contributed by atoms with Gasteiger partial charge in [-0.2, -0.15) is 13.2 Å². The zero-order valence-corrected chi connectivity index (χ0v) is 9.67. The molecular weight excluding hydrogens is 249 g/mol. The maximum atomic E-state index is 12.0. The molecule has 0 aliphatic rings. The van der Waals surface area contributed by atoms with Crippen LogP contribution in [0.3, 0.4) is 0 Å². The number of ether oxygens (including phenoxy) is 1. The number of alkyl halides is 3. The van der Waals surface area contributed by atoms with Crippen LogP contribution in [0, 0.1) is 0 Å². The van der Waals surface area contributed by atoms with Gasteiger partial charge in [-0.05, 0) is 19.2 Å². The molecule has 0 bridgehead atoms. The number of para-hydroxylation sites is 2. The van der Waals surface area contributed by atoms with Crippen LogP contribution in [0.1, 0.15) is 0 Å². The summed E-state index contributed by atoms with van der Waals surface area (Å²) in [5.74, 6) is -0.375. The highest BCUT2D eigenvalue weighted by molar-refractivity contribution is 5.93. The lowest BCUT2D eigenvalue weighted by Crippen LogP contribution is -2.25. The van der Waals surface area contributed by atoms with Crippen LogP contribution < -0.4 is 15.4 Å². The van der Waals surface area contributed by atoms with Crippen LogP contribution in [0.15, 0.2) is 24.3 Å². The van der Waals surface area contributed by atoms with Crippen LogP contribution in [-0.2, 0) is 4.79 Å². The fourth-order valence-electron chi connectivity index (χ4n) is 1.21. The first kappa shape index (κ1) is 14.3. The molecule has 18 heavy (non-hydrogen) atoms. The number of hydrogen-bond donors (Lipinski definition) is 2. The van der Waals surface area contributed by atoms with Gasteiger partial charge in [-0.1, -0.05) is 12.1 Å². The summed E-state index contributed by atoms with van der Waals surface area (Å²) < 4.78 is 40.7. The van der Waals surface area contributed by atoms with Crippen molar-refractivity contribution in [1.29, 1.82) is 0 Å². The van der Waals surface area contributed by atoms with Crippen molar-refractivity contribution in [2.24, 2.45) is 0 Å². The fourth-order valence-corrected chi connectivity index (χ4v) is 1.21. The number of nitrogens with one attached hydrogen (secondary N) is 2. The standard InChI is InChI=1S/C11H13F3N2O2/c1-15-6-10(17)16-8-4-2-3-5-9(8)18-7-11(12,13)14/h2-5,15H,6-7H2,1H3,(H,16,17). The van der Waals surface area contributed by atoms with E-state index in [2.05, 4.69) is 15.4 Å². The molecule has 0 saturated carbocycles. The van der Waals surface area contributed by atoms with E-state index in [0.29, 0.717) is 0 Å². The Labute approximate surface area is 102 Å². The Bertz CT molecular complexity index is 408. The first-order valence-electron chi connectivity index (χ1n) is 5.15. The fraction of sp³-hybridized carbons (Fsp3) is 0.364. The molecule has 1 aromatic rings. The summed E-state index contributed by atoms with van der Waals surface area (Å²) in [6.45, 7) is -1.33. The third-order valence-electron chi connectivity index (χ3n) is 1.89. The zero-order chi connectivity index (χ0) is 13.6. The number of likely N-dealkylation sites (N-methyl/N-ethyl adjacent to an activating group) is 1. The van der Waals surface area contributed by atoms with Crippen molar-refractivity contribution in [2.45, 2.75) is 6.18 Å². The molecule has 0 aliphatic carbocycles. The number of carbonyl (C=O) groups excluding carboxylic acids is 1. The van der Waals surface area contributed by atoms with Crippen LogP contribution in [0.25, 0.3) is 0 Å². The lowest BCUT2D eigenvalue weighted by Gasteiger charge is -2.13. The molecule has 0 unspecified atom stereocenters. The van der Waals surface area contributed by atoms with Gasteiger partial charge in [-0.3, -0.25) is 4.79 Å². The quantitative estimate of drug-likeness (QED) is 0.850. The van der Waals surface area contributed by atoms with Crippen molar-refractivity contribution in [3.05, 3.63) is 24.3 Å². The van der Waals surface area contributed by atoms with Gasteiger partial charge in [0.25, 0.3) is 0 Å². The first-order valence-corrected chi connectivity index (χ1v) is 5.15. The minimum Gasteiger partial charge on any atom is -0.482 e. The molecule has 0 spiro atoms. The molecule has 4 nitrogen and oxygen atoms in total. The number of halogens is 3. The number of benzene rings is 1. The van der Waals surface area contributed by atoms with Crippen molar-refractivity contribution in [3.8, 4) is 5.75 Å². The Kier molecular flexibility index (Phi) is 4.96. The summed E-state index contributed by atoms with van der Waals surface area (Å²) in [5, 5.41) is 5.08. The minimum atomic E-state index is -4.41. The lowest BCUT2D eigenvalue weighted by molar-refractivity contribution is -0.153. The van der Waals surface area contributed by atoms with Crippen molar-refractivity contribution >= 4 is 11.6 Å². The second-order valence-electron chi connectivity index (χ2n) is 3.48. The predicted octanol–water partition coefficient (Wildman–Crippen LogP) is 1.79. The molecule has 2 N–H and O–H groups in total. The number of anilines is 1. The van der Waals surface area contributed by atoms with Gasteiger partial charge in [0.2, 0.25) is 5.91 Å². The van der Waals surface area contributed by atoms with Crippen molar-refractivity contribution < 1.29 is 22.7 Å². The second kappa shape index (κ2) is 6.25. The molecule has 0 heterocycles. The molecule has 0 radical (unpaired) electrons. The third kappa shape index (κ3) is 5.05. The van der Waals surface area contributed by atoms with Gasteiger partial charge < -0.3 is 15.4 Å². The van der Waals surface area contributed by atoms with Crippen molar-refractivity contribution in [2.75, 3.05) is 25.5 Å². The number of hydrogen-bond acceptors (Lipinski definition) is 3. The van der Waals surface area contributed by atoms with Crippen LogP contribution in [0.4, 0.5) is 18.9 Å². The smallest absolute Gasteiger partial charge is 0.422 e. The normalized spacial score (nSPS) is 11.1. The summed E-state index contributed by atoms with van der Waals surface area (Å²) in [4.78, 5) is 11.3. The second-order valence-corrected chi connectivity index (χ2v) is 3.48.